The van der Waals surface area contributed by atoms with Gasteiger partial charge in [0.25, 0.3) is 15.9 Å². The fraction of sp³-hybridized carbons (Fsp3) is 0.136. The number of carbonyl (C=O) groups is 1. The van der Waals surface area contributed by atoms with Crippen LogP contribution in [0.5, 0.6) is 0 Å². The molecule has 0 aromatic heterocycles. The van der Waals surface area contributed by atoms with Gasteiger partial charge in [0.05, 0.1) is 9.79 Å². The second-order valence-corrected chi connectivity index (χ2v) is 10.8. The minimum absolute atomic E-state index is 0.00110. The molecule has 3 aromatic carbocycles. The summed E-state index contributed by atoms with van der Waals surface area (Å²) in [6, 6.07) is 17.1. The maximum Gasteiger partial charge on any atom is 0.261 e. The summed E-state index contributed by atoms with van der Waals surface area (Å²) in [6.45, 7) is 2.29. The summed E-state index contributed by atoms with van der Waals surface area (Å²) in [5.41, 5.74) is 3.11. The van der Waals surface area contributed by atoms with Crippen molar-refractivity contribution in [2.75, 3.05) is 16.2 Å². The molecule has 1 aliphatic rings. The Morgan fingerprint density at radius 2 is 1.53 bits per heavy atom. The monoisotopic (exact) mass is 471 g/mol. The van der Waals surface area contributed by atoms with E-state index in [9.17, 15) is 21.6 Å². The number of nitrogens with one attached hydrogen (secondary N) is 1. The fourth-order valence-electron chi connectivity index (χ4n) is 3.53. The Hall–Kier alpha value is -3.21. The molecule has 0 saturated heterocycles. The molecule has 4 rings (SSSR count). The van der Waals surface area contributed by atoms with Gasteiger partial charge >= 0.3 is 0 Å². The highest BCUT2D eigenvalue weighted by molar-refractivity contribution is 7.92. The highest BCUT2D eigenvalue weighted by atomic mass is 32.2. The van der Waals surface area contributed by atoms with Crippen LogP contribution >= 0.6 is 0 Å². The molecule has 166 valence electrons. The summed E-state index contributed by atoms with van der Waals surface area (Å²) in [4.78, 5) is 14.6. The Bertz CT molecular complexity index is 1400. The van der Waals surface area contributed by atoms with Crippen LogP contribution in [0.25, 0.3) is 0 Å². The van der Waals surface area contributed by atoms with Crippen molar-refractivity contribution in [3.63, 3.8) is 0 Å². The average Bonchev–Trinajstić information content (AvgIpc) is 3.17. The number of sulfonamides is 2. The van der Waals surface area contributed by atoms with Crippen LogP contribution in [0.1, 0.15) is 21.5 Å². The second kappa shape index (κ2) is 8.05. The Morgan fingerprint density at radius 3 is 2.16 bits per heavy atom. The number of amides is 1. The van der Waals surface area contributed by atoms with Crippen molar-refractivity contribution in [3.8, 4) is 0 Å². The molecule has 0 unspecified atom stereocenters. The van der Waals surface area contributed by atoms with Crippen LogP contribution < -0.4 is 14.8 Å². The van der Waals surface area contributed by atoms with E-state index in [1.54, 1.807) is 30.3 Å². The van der Waals surface area contributed by atoms with Crippen molar-refractivity contribution in [1.29, 1.82) is 0 Å². The van der Waals surface area contributed by atoms with Crippen molar-refractivity contribution >= 4 is 37.3 Å². The van der Waals surface area contributed by atoms with Gasteiger partial charge in [0.1, 0.15) is 0 Å². The first-order valence-electron chi connectivity index (χ1n) is 9.72. The maximum atomic E-state index is 13.0. The summed E-state index contributed by atoms with van der Waals surface area (Å²) >= 11 is 0. The number of rotatable bonds is 5. The van der Waals surface area contributed by atoms with E-state index in [1.807, 2.05) is 6.92 Å². The number of carbonyl (C=O) groups excluding carboxylic acids is 1. The van der Waals surface area contributed by atoms with E-state index < -0.39 is 20.0 Å². The van der Waals surface area contributed by atoms with Gasteiger partial charge in [-0.25, -0.2) is 22.0 Å². The van der Waals surface area contributed by atoms with E-state index in [-0.39, 0.29) is 15.7 Å². The summed E-state index contributed by atoms with van der Waals surface area (Å²) in [6.07, 6.45) is 0.497. The standard InChI is InChI=1S/C22H21N3O5S2/c1-15-2-6-18(7-3-15)24-32(29,30)19-8-4-16(5-9-19)22(26)25-13-12-17-14-20(31(23,27)28)10-11-21(17)25/h2-11,14,24H,12-13H2,1H3,(H2,23,27,28). The van der Waals surface area contributed by atoms with E-state index in [1.165, 1.54) is 41.3 Å². The topological polar surface area (TPSA) is 127 Å². The molecular formula is C22H21N3O5S2. The van der Waals surface area contributed by atoms with Gasteiger partial charge in [-0.2, -0.15) is 0 Å². The minimum atomic E-state index is -3.82. The Morgan fingerprint density at radius 1 is 0.906 bits per heavy atom. The Labute approximate surface area is 186 Å². The maximum absolute atomic E-state index is 13.0. The molecule has 3 aromatic rings. The molecule has 8 nitrogen and oxygen atoms in total. The molecule has 10 heteroatoms. The summed E-state index contributed by atoms with van der Waals surface area (Å²) < 4.78 is 50.9. The zero-order chi connectivity index (χ0) is 23.1. The van der Waals surface area contributed by atoms with E-state index in [0.29, 0.717) is 35.5 Å². The van der Waals surface area contributed by atoms with E-state index >= 15 is 0 Å². The summed E-state index contributed by atoms with van der Waals surface area (Å²) in [5, 5.41) is 5.18. The van der Waals surface area contributed by atoms with Crippen molar-refractivity contribution in [2.45, 2.75) is 23.1 Å². The quantitative estimate of drug-likeness (QED) is 0.591. The van der Waals surface area contributed by atoms with Crippen LogP contribution in [0.2, 0.25) is 0 Å². The van der Waals surface area contributed by atoms with Gasteiger partial charge in [-0.1, -0.05) is 17.7 Å². The van der Waals surface area contributed by atoms with Gasteiger partial charge in [-0.15, -0.1) is 0 Å². The lowest BCUT2D eigenvalue weighted by atomic mass is 10.1. The van der Waals surface area contributed by atoms with Crippen molar-refractivity contribution in [2.24, 2.45) is 5.14 Å². The minimum Gasteiger partial charge on any atom is -0.308 e. The SMILES string of the molecule is Cc1ccc(NS(=O)(=O)c2ccc(C(=O)N3CCc4cc(S(N)(=O)=O)ccc43)cc2)cc1. The second-order valence-electron chi connectivity index (χ2n) is 7.54. The van der Waals surface area contributed by atoms with Crippen molar-refractivity contribution in [1.82, 2.24) is 0 Å². The molecule has 0 aliphatic carbocycles. The molecule has 0 spiro atoms. The Kier molecular flexibility index (Phi) is 5.53. The van der Waals surface area contributed by atoms with E-state index in [2.05, 4.69) is 4.72 Å². The van der Waals surface area contributed by atoms with Crippen molar-refractivity contribution in [3.05, 3.63) is 83.4 Å². The number of anilines is 2. The number of nitrogens with two attached hydrogens (primary N) is 1. The van der Waals surface area contributed by atoms with Gasteiger partial charge in [0, 0.05) is 23.5 Å². The van der Waals surface area contributed by atoms with Gasteiger partial charge < -0.3 is 4.90 Å². The smallest absolute Gasteiger partial charge is 0.261 e. The van der Waals surface area contributed by atoms with Gasteiger partial charge in [-0.05, 0) is 73.5 Å². The normalized spacial score (nSPS) is 13.6. The molecule has 0 fully saturated rings. The first-order valence-corrected chi connectivity index (χ1v) is 12.7. The largest absolute Gasteiger partial charge is 0.308 e. The predicted octanol–water partition coefficient (Wildman–Crippen LogP) is 2.65. The number of benzene rings is 3. The van der Waals surface area contributed by atoms with Crippen LogP contribution in [0, 0.1) is 6.92 Å². The average molecular weight is 472 g/mol. The van der Waals surface area contributed by atoms with Crippen LogP contribution in [-0.2, 0) is 26.5 Å². The van der Waals surface area contributed by atoms with Crippen molar-refractivity contribution < 1.29 is 21.6 Å². The summed E-state index contributed by atoms with van der Waals surface area (Å²) in [7, 11) is -7.62. The first-order chi connectivity index (χ1) is 15.0. The number of nitrogens with zero attached hydrogens (tertiary/aromatic N) is 1. The highest BCUT2D eigenvalue weighted by Gasteiger charge is 2.27. The number of aryl methyl sites for hydroxylation is 1. The Balaban J connectivity index is 1.54. The molecule has 32 heavy (non-hydrogen) atoms. The van der Waals surface area contributed by atoms with Crippen LogP contribution in [-0.4, -0.2) is 29.3 Å². The van der Waals surface area contributed by atoms with Gasteiger partial charge in [-0.3, -0.25) is 9.52 Å². The van der Waals surface area contributed by atoms with Crippen LogP contribution in [0.15, 0.2) is 76.5 Å². The lowest BCUT2D eigenvalue weighted by Gasteiger charge is -2.18. The molecular weight excluding hydrogens is 450 g/mol. The molecule has 1 heterocycles. The zero-order valence-corrected chi connectivity index (χ0v) is 18.8. The molecule has 0 saturated carbocycles. The molecule has 1 amide bonds. The number of hydrogen-bond acceptors (Lipinski definition) is 5. The summed E-state index contributed by atoms with van der Waals surface area (Å²) in [5.74, 6) is -0.303. The van der Waals surface area contributed by atoms with Crippen LogP contribution in [0.4, 0.5) is 11.4 Å². The van der Waals surface area contributed by atoms with E-state index in [4.69, 9.17) is 5.14 Å². The molecule has 0 atom stereocenters. The lowest BCUT2D eigenvalue weighted by molar-refractivity contribution is 0.0989. The fourth-order valence-corrected chi connectivity index (χ4v) is 5.16. The van der Waals surface area contributed by atoms with Crippen LogP contribution in [0.3, 0.4) is 0 Å². The van der Waals surface area contributed by atoms with Gasteiger partial charge in [0.15, 0.2) is 0 Å². The molecule has 0 bridgehead atoms. The third-order valence-electron chi connectivity index (χ3n) is 5.24. The number of fused-ring (bicyclic) bond motifs is 1. The number of primary sulfonamides is 1. The molecule has 3 N–H and O–H groups in total. The third-order valence-corrected chi connectivity index (χ3v) is 7.54. The number of hydrogen-bond donors (Lipinski definition) is 2. The third kappa shape index (κ3) is 4.38. The van der Waals surface area contributed by atoms with E-state index in [0.717, 1.165) is 5.56 Å². The first kappa shape index (κ1) is 22.0. The molecule has 0 radical (unpaired) electrons. The van der Waals surface area contributed by atoms with Gasteiger partial charge in [0.2, 0.25) is 10.0 Å². The predicted molar refractivity (Wildman–Crippen MR) is 122 cm³/mol. The highest BCUT2D eigenvalue weighted by Crippen LogP contribution is 2.31. The zero-order valence-electron chi connectivity index (χ0n) is 17.1. The lowest BCUT2D eigenvalue weighted by Crippen LogP contribution is -2.28. The molecule has 1 aliphatic heterocycles.